The van der Waals surface area contributed by atoms with E-state index in [0.717, 1.165) is 5.56 Å². The minimum Gasteiger partial charge on any atom is -0.424 e. The molecule has 1 atom stereocenters. The SMILES string of the molecule is CC(=O)Oc1ccccc1NC(=O)NCC1CC(=O)N(Cc2ccccc2)C1. The molecule has 0 aliphatic carbocycles. The van der Waals surface area contributed by atoms with E-state index < -0.39 is 12.0 Å². The molecule has 28 heavy (non-hydrogen) atoms. The maximum Gasteiger partial charge on any atom is 0.319 e. The number of urea groups is 1. The molecule has 3 amide bonds. The van der Waals surface area contributed by atoms with Crippen LogP contribution in [0.1, 0.15) is 18.9 Å². The topological polar surface area (TPSA) is 87.7 Å². The number of nitrogens with one attached hydrogen (secondary N) is 2. The molecule has 0 radical (unpaired) electrons. The van der Waals surface area contributed by atoms with Crippen LogP contribution in [0.25, 0.3) is 0 Å². The highest BCUT2D eigenvalue weighted by Crippen LogP contribution is 2.24. The third kappa shape index (κ3) is 5.33. The van der Waals surface area contributed by atoms with Crippen molar-refractivity contribution in [3.63, 3.8) is 0 Å². The number of carbonyl (C=O) groups is 3. The van der Waals surface area contributed by atoms with E-state index in [1.54, 1.807) is 24.3 Å². The summed E-state index contributed by atoms with van der Waals surface area (Å²) in [4.78, 5) is 37.4. The number of hydrogen-bond donors (Lipinski definition) is 2. The Bertz CT molecular complexity index is 854. The first kappa shape index (κ1) is 19.4. The van der Waals surface area contributed by atoms with Crippen molar-refractivity contribution in [3.8, 4) is 5.75 Å². The van der Waals surface area contributed by atoms with Crippen LogP contribution in [0, 0.1) is 5.92 Å². The lowest BCUT2D eigenvalue weighted by Crippen LogP contribution is -2.34. The number of benzene rings is 2. The van der Waals surface area contributed by atoms with Gasteiger partial charge in [0.15, 0.2) is 5.75 Å². The number of amides is 3. The molecule has 2 aromatic carbocycles. The molecule has 0 bridgehead atoms. The fourth-order valence-corrected chi connectivity index (χ4v) is 3.16. The van der Waals surface area contributed by atoms with E-state index in [1.165, 1.54) is 6.92 Å². The normalized spacial score (nSPS) is 16.0. The van der Waals surface area contributed by atoms with Gasteiger partial charge < -0.3 is 20.3 Å². The first-order valence-corrected chi connectivity index (χ1v) is 9.15. The van der Waals surface area contributed by atoms with Crippen molar-refractivity contribution in [1.82, 2.24) is 10.2 Å². The van der Waals surface area contributed by atoms with E-state index in [1.807, 2.05) is 35.2 Å². The molecule has 146 valence electrons. The van der Waals surface area contributed by atoms with Crippen molar-refractivity contribution in [2.75, 3.05) is 18.4 Å². The van der Waals surface area contributed by atoms with Crippen LogP contribution in [0.3, 0.4) is 0 Å². The maximum atomic E-state index is 12.2. The first-order chi connectivity index (χ1) is 13.5. The zero-order valence-electron chi connectivity index (χ0n) is 15.7. The highest BCUT2D eigenvalue weighted by atomic mass is 16.5. The molecule has 2 aromatic rings. The Hall–Kier alpha value is -3.35. The lowest BCUT2D eigenvalue weighted by molar-refractivity contribution is -0.132. The Kier molecular flexibility index (Phi) is 6.26. The highest BCUT2D eigenvalue weighted by Gasteiger charge is 2.29. The zero-order chi connectivity index (χ0) is 19.9. The molecule has 0 saturated carbocycles. The third-order valence-electron chi connectivity index (χ3n) is 4.45. The Morgan fingerprint density at radius 1 is 1.11 bits per heavy atom. The van der Waals surface area contributed by atoms with Gasteiger partial charge in [0.25, 0.3) is 0 Å². The average molecular weight is 381 g/mol. The lowest BCUT2D eigenvalue weighted by Gasteiger charge is -2.17. The fraction of sp³-hybridized carbons (Fsp3) is 0.286. The monoisotopic (exact) mass is 381 g/mol. The van der Waals surface area contributed by atoms with Crippen molar-refractivity contribution in [3.05, 3.63) is 60.2 Å². The number of rotatable bonds is 6. The number of carbonyl (C=O) groups excluding carboxylic acids is 3. The predicted octanol–water partition coefficient (Wildman–Crippen LogP) is 2.78. The van der Waals surface area contributed by atoms with Crippen LogP contribution in [0.4, 0.5) is 10.5 Å². The van der Waals surface area contributed by atoms with Gasteiger partial charge in [-0.1, -0.05) is 42.5 Å². The summed E-state index contributed by atoms with van der Waals surface area (Å²) < 4.78 is 5.08. The van der Waals surface area contributed by atoms with Gasteiger partial charge >= 0.3 is 12.0 Å². The van der Waals surface area contributed by atoms with Gasteiger partial charge in [0.05, 0.1) is 5.69 Å². The molecule has 2 N–H and O–H groups in total. The molecule has 0 aromatic heterocycles. The van der Waals surface area contributed by atoms with Crippen molar-refractivity contribution in [2.24, 2.45) is 5.92 Å². The number of likely N-dealkylation sites (tertiary alicyclic amines) is 1. The number of nitrogens with zero attached hydrogens (tertiary/aromatic N) is 1. The van der Waals surface area contributed by atoms with Gasteiger partial charge in [0.2, 0.25) is 5.91 Å². The summed E-state index contributed by atoms with van der Waals surface area (Å²) in [5.74, 6) is -0.0187. The smallest absolute Gasteiger partial charge is 0.319 e. The van der Waals surface area contributed by atoms with E-state index in [0.29, 0.717) is 31.7 Å². The summed E-state index contributed by atoms with van der Waals surface area (Å²) in [6.45, 7) is 2.88. The molecule has 1 unspecified atom stereocenters. The van der Waals surface area contributed by atoms with E-state index >= 15 is 0 Å². The number of anilines is 1. The van der Waals surface area contributed by atoms with Gasteiger partial charge in [-0.25, -0.2) is 4.79 Å². The highest BCUT2D eigenvalue weighted by molar-refractivity contribution is 5.91. The Morgan fingerprint density at radius 2 is 1.82 bits per heavy atom. The number of ether oxygens (including phenoxy) is 1. The van der Waals surface area contributed by atoms with E-state index in [9.17, 15) is 14.4 Å². The van der Waals surface area contributed by atoms with Crippen LogP contribution in [0.2, 0.25) is 0 Å². The Balaban J connectivity index is 1.49. The fourth-order valence-electron chi connectivity index (χ4n) is 3.16. The predicted molar refractivity (Wildman–Crippen MR) is 105 cm³/mol. The van der Waals surface area contributed by atoms with Crippen LogP contribution < -0.4 is 15.4 Å². The summed E-state index contributed by atoms with van der Waals surface area (Å²) >= 11 is 0. The second kappa shape index (κ2) is 9.03. The molecule has 0 spiro atoms. The average Bonchev–Trinajstić information content (AvgIpc) is 3.02. The standard InChI is InChI=1S/C21H23N3O4/c1-15(25)28-19-10-6-5-9-18(19)23-21(27)22-12-17-11-20(26)24(14-17)13-16-7-3-2-4-8-16/h2-10,17H,11-14H2,1H3,(H2,22,23,27). The van der Waals surface area contributed by atoms with Crippen LogP contribution in [0.5, 0.6) is 5.75 Å². The van der Waals surface area contributed by atoms with Crippen LogP contribution in [-0.4, -0.2) is 35.9 Å². The van der Waals surface area contributed by atoms with Gasteiger partial charge in [-0.2, -0.15) is 0 Å². The minimum atomic E-state index is -0.461. The quantitative estimate of drug-likeness (QED) is 0.595. The zero-order valence-corrected chi connectivity index (χ0v) is 15.7. The number of esters is 1. The number of para-hydroxylation sites is 2. The van der Waals surface area contributed by atoms with Crippen molar-refractivity contribution < 1.29 is 19.1 Å². The summed E-state index contributed by atoms with van der Waals surface area (Å²) in [7, 11) is 0. The van der Waals surface area contributed by atoms with Gasteiger partial charge in [0.1, 0.15) is 0 Å². The molecule has 1 saturated heterocycles. The second-order valence-corrected chi connectivity index (χ2v) is 6.75. The Morgan fingerprint density at radius 3 is 2.57 bits per heavy atom. The molecule has 7 heteroatoms. The second-order valence-electron chi connectivity index (χ2n) is 6.75. The molecular formula is C21H23N3O4. The molecule has 1 fully saturated rings. The number of hydrogen-bond acceptors (Lipinski definition) is 4. The van der Waals surface area contributed by atoms with E-state index in [4.69, 9.17) is 4.74 Å². The minimum absolute atomic E-state index is 0.0608. The lowest BCUT2D eigenvalue weighted by atomic mass is 10.1. The molecule has 7 nitrogen and oxygen atoms in total. The van der Waals surface area contributed by atoms with Gasteiger partial charge in [0, 0.05) is 38.9 Å². The van der Waals surface area contributed by atoms with Gasteiger partial charge in [-0.05, 0) is 17.7 Å². The van der Waals surface area contributed by atoms with Gasteiger partial charge in [-0.15, -0.1) is 0 Å². The van der Waals surface area contributed by atoms with E-state index in [-0.39, 0.29) is 17.6 Å². The van der Waals surface area contributed by atoms with Crippen molar-refractivity contribution >= 4 is 23.6 Å². The summed E-state index contributed by atoms with van der Waals surface area (Å²) in [5, 5.41) is 5.47. The largest absolute Gasteiger partial charge is 0.424 e. The van der Waals surface area contributed by atoms with Gasteiger partial charge in [-0.3, -0.25) is 9.59 Å². The van der Waals surface area contributed by atoms with Crippen molar-refractivity contribution in [1.29, 1.82) is 0 Å². The first-order valence-electron chi connectivity index (χ1n) is 9.15. The molecule has 3 rings (SSSR count). The molecule has 1 heterocycles. The van der Waals surface area contributed by atoms with Crippen LogP contribution in [-0.2, 0) is 16.1 Å². The molecular weight excluding hydrogens is 358 g/mol. The van der Waals surface area contributed by atoms with Crippen molar-refractivity contribution in [2.45, 2.75) is 19.9 Å². The molecule has 1 aliphatic heterocycles. The van der Waals surface area contributed by atoms with Crippen LogP contribution in [0.15, 0.2) is 54.6 Å². The van der Waals surface area contributed by atoms with E-state index in [2.05, 4.69) is 10.6 Å². The summed E-state index contributed by atoms with van der Waals surface area (Å²) in [5.41, 5.74) is 1.49. The molecule has 1 aliphatic rings. The summed E-state index contributed by atoms with van der Waals surface area (Å²) in [6, 6.07) is 16.1. The van der Waals surface area contributed by atoms with Crippen LogP contribution >= 0.6 is 0 Å². The Labute approximate surface area is 163 Å². The maximum absolute atomic E-state index is 12.2. The summed E-state index contributed by atoms with van der Waals surface area (Å²) in [6.07, 6.45) is 0.414. The third-order valence-corrected chi connectivity index (χ3v) is 4.45.